The molecule has 88 valence electrons. The van der Waals surface area contributed by atoms with Gasteiger partial charge in [0, 0.05) is 24.8 Å². The Hall–Kier alpha value is -1.16. The standard InChI is InChI=1S/C6H8O7.Co.H3N/c7-3(8)1-6(13,5(11)12)2-4(9)10;;/h13H,1-2H2,(H,7,8)(H,9,10)(H,11,12);;1H3/q;+3;/p-3. The molecule has 15 heavy (non-hydrogen) atoms. The summed E-state index contributed by atoms with van der Waals surface area (Å²) in [4.78, 5) is 30.0. The van der Waals surface area contributed by atoms with E-state index in [1.807, 2.05) is 0 Å². The van der Waals surface area contributed by atoms with Crippen molar-refractivity contribution >= 4 is 17.9 Å². The third-order valence-electron chi connectivity index (χ3n) is 1.25. The molecule has 0 aromatic heterocycles. The molecule has 0 saturated heterocycles. The van der Waals surface area contributed by atoms with Crippen LogP contribution < -0.4 is 21.5 Å². The molecule has 0 aromatic rings. The van der Waals surface area contributed by atoms with Crippen LogP contribution in [0.1, 0.15) is 12.8 Å². The Morgan fingerprint density at radius 3 is 1.40 bits per heavy atom. The van der Waals surface area contributed by atoms with Gasteiger partial charge in [0.15, 0.2) is 0 Å². The summed E-state index contributed by atoms with van der Waals surface area (Å²) in [7, 11) is 0. The number of carbonyl (C=O) groups excluding carboxylic acids is 3. The first kappa shape index (κ1) is 19.4. The minimum atomic E-state index is -2.97. The van der Waals surface area contributed by atoms with E-state index in [2.05, 4.69) is 0 Å². The summed E-state index contributed by atoms with van der Waals surface area (Å²) in [5, 5.41) is 38.9. The first-order chi connectivity index (χ1) is 5.78. The molecule has 0 saturated carbocycles. The van der Waals surface area contributed by atoms with Crippen molar-refractivity contribution in [3.63, 3.8) is 0 Å². The molecule has 0 aliphatic heterocycles. The second-order valence-corrected chi connectivity index (χ2v) is 2.42. The molecular formula is C6H8CoNO7. The van der Waals surface area contributed by atoms with Gasteiger partial charge in [-0.3, -0.25) is 0 Å². The summed E-state index contributed by atoms with van der Waals surface area (Å²) in [6.07, 6.45) is -2.72. The van der Waals surface area contributed by atoms with Crippen molar-refractivity contribution in [2.24, 2.45) is 0 Å². The van der Waals surface area contributed by atoms with E-state index in [-0.39, 0.29) is 22.9 Å². The molecule has 0 spiro atoms. The molecule has 0 bridgehead atoms. The topological polar surface area (TPSA) is 176 Å². The predicted molar refractivity (Wildman–Crippen MR) is 34.2 cm³/mol. The first-order valence-corrected chi connectivity index (χ1v) is 3.11. The fourth-order valence-corrected chi connectivity index (χ4v) is 0.684. The molecule has 0 radical (unpaired) electrons. The predicted octanol–water partition coefficient (Wildman–Crippen LogP) is -5.09. The van der Waals surface area contributed by atoms with Crippen LogP contribution in [0.4, 0.5) is 0 Å². The van der Waals surface area contributed by atoms with E-state index in [0.29, 0.717) is 0 Å². The normalized spacial score (nSPS) is 9.40. The molecular weight excluding hydrogens is 257 g/mol. The van der Waals surface area contributed by atoms with Gasteiger partial charge in [0.25, 0.3) is 0 Å². The molecule has 0 heterocycles. The first-order valence-electron chi connectivity index (χ1n) is 3.11. The van der Waals surface area contributed by atoms with Crippen molar-refractivity contribution in [2.75, 3.05) is 0 Å². The zero-order valence-corrected chi connectivity index (χ0v) is 8.39. The third-order valence-corrected chi connectivity index (χ3v) is 1.25. The molecule has 0 aliphatic rings. The van der Waals surface area contributed by atoms with Gasteiger partial charge in [0.1, 0.15) is 5.60 Å². The largest absolute Gasteiger partial charge is 3.00 e. The smallest absolute Gasteiger partial charge is 0.550 e. The van der Waals surface area contributed by atoms with Gasteiger partial charge < -0.3 is 41.0 Å². The zero-order chi connectivity index (χ0) is 10.6. The minimum absolute atomic E-state index is 0. The molecule has 0 rings (SSSR count). The van der Waals surface area contributed by atoms with E-state index in [1.165, 1.54) is 0 Å². The van der Waals surface area contributed by atoms with Crippen LogP contribution in [0.3, 0.4) is 0 Å². The summed E-state index contributed by atoms with van der Waals surface area (Å²) in [6.45, 7) is 0. The second kappa shape index (κ2) is 7.17. The number of hydrogen-bond acceptors (Lipinski definition) is 8. The van der Waals surface area contributed by atoms with Crippen LogP contribution in [-0.2, 0) is 31.2 Å². The van der Waals surface area contributed by atoms with Crippen molar-refractivity contribution < 1.29 is 51.6 Å². The van der Waals surface area contributed by atoms with E-state index < -0.39 is 36.4 Å². The molecule has 0 fully saturated rings. The number of aliphatic hydroxyl groups is 1. The second-order valence-electron chi connectivity index (χ2n) is 2.42. The summed E-state index contributed by atoms with van der Waals surface area (Å²) in [5.74, 6) is -5.98. The maximum atomic E-state index is 10.1. The molecule has 4 N–H and O–H groups in total. The molecule has 0 amide bonds. The maximum absolute atomic E-state index is 10.1. The van der Waals surface area contributed by atoms with Crippen LogP contribution in [0.2, 0.25) is 0 Å². The van der Waals surface area contributed by atoms with E-state index in [0.717, 1.165) is 0 Å². The van der Waals surface area contributed by atoms with E-state index in [4.69, 9.17) is 5.11 Å². The van der Waals surface area contributed by atoms with Gasteiger partial charge in [-0.2, -0.15) is 0 Å². The quantitative estimate of drug-likeness (QED) is 0.495. The van der Waals surface area contributed by atoms with Crippen LogP contribution >= 0.6 is 0 Å². The fourth-order valence-electron chi connectivity index (χ4n) is 0.684. The monoisotopic (exact) mass is 265 g/mol. The minimum Gasteiger partial charge on any atom is -0.550 e. The van der Waals surface area contributed by atoms with E-state index in [1.54, 1.807) is 0 Å². The van der Waals surface area contributed by atoms with Gasteiger partial charge in [-0.25, -0.2) is 0 Å². The third kappa shape index (κ3) is 6.85. The molecule has 0 atom stereocenters. The number of carboxylic acid groups (broad SMARTS) is 3. The summed E-state index contributed by atoms with van der Waals surface area (Å²) in [6, 6.07) is 0. The summed E-state index contributed by atoms with van der Waals surface area (Å²) in [5.41, 5.74) is -2.97. The van der Waals surface area contributed by atoms with Gasteiger partial charge in [0.2, 0.25) is 0 Å². The van der Waals surface area contributed by atoms with Crippen LogP contribution in [0.25, 0.3) is 0 Å². The number of carboxylic acids is 3. The summed E-state index contributed by atoms with van der Waals surface area (Å²) >= 11 is 0. The van der Waals surface area contributed by atoms with Gasteiger partial charge in [-0.15, -0.1) is 0 Å². The van der Waals surface area contributed by atoms with Crippen LogP contribution in [0.15, 0.2) is 0 Å². The van der Waals surface area contributed by atoms with Gasteiger partial charge in [0.05, 0.1) is 5.97 Å². The Bertz CT molecular complexity index is 238. The van der Waals surface area contributed by atoms with Crippen molar-refractivity contribution in [2.45, 2.75) is 18.4 Å². The average molecular weight is 265 g/mol. The fraction of sp³-hybridized carbons (Fsp3) is 0.500. The van der Waals surface area contributed by atoms with Crippen LogP contribution in [-0.4, -0.2) is 28.6 Å². The molecule has 9 heteroatoms. The van der Waals surface area contributed by atoms with Crippen LogP contribution in [0, 0.1) is 0 Å². The molecule has 0 unspecified atom stereocenters. The number of hydrogen-bond donors (Lipinski definition) is 2. The van der Waals surface area contributed by atoms with Crippen molar-refractivity contribution in [3.05, 3.63) is 0 Å². The van der Waals surface area contributed by atoms with Gasteiger partial charge in [-0.05, 0) is 0 Å². The number of rotatable bonds is 5. The number of carbonyl (C=O) groups is 3. The molecule has 8 nitrogen and oxygen atoms in total. The Balaban J connectivity index is -0.000000720. The van der Waals surface area contributed by atoms with Gasteiger partial charge >= 0.3 is 16.8 Å². The van der Waals surface area contributed by atoms with Crippen LogP contribution in [0.5, 0.6) is 0 Å². The van der Waals surface area contributed by atoms with E-state index in [9.17, 15) is 29.7 Å². The zero-order valence-electron chi connectivity index (χ0n) is 7.35. The van der Waals surface area contributed by atoms with E-state index >= 15 is 0 Å². The van der Waals surface area contributed by atoms with Crippen molar-refractivity contribution in [1.29, 1.82) is 0 Å². The summed E-state index contributed by atoms with van der Waals surface area (Å²) < 4.78 is 0. The Morgan fingerprint density at radius 2 is 1.27 bits per heavy atom. The maximum Gasteiger partial charge on any atom is 3.00 e. The Labute approximate surface area is 94.7 Å². The number of aliphatic carboxylic acids is 3. The van der Waals surface area contributed by atoms with Crippen molar-refractivity contribution in [3.8, 4) is 0 Å². The molecule has 0 aromatic carbocycles. The Kier molecular flexibility index (Phi) is 9.28. The van der Waals surface area contributed by atoms with Gasteiger partial charge in [-0.1, -0.05) is 0 Å². The molecule has 0 aliphatic carbocycles. The SMILES string of the molecule is N.O=C([O-])CC(O)(CC(=O)[O-])C(=O)[O-].[Co+3]. The average Bonchev–Trinajstić information content (AvgIpc) is 1.82. The Morgan fingerprint density at radius 1 is 1.00 bits per heavy atom. The van der Waals surface area contributed by atoms with Crippen molar-refractivity contribution in [1.82, 2.24) is 6.15 Å².